The average molecular weight is 289 g/mol. The summed E-state index contributed by atoms with van der Waals surface area (Å²) in [6.45, 7) is 6.77. The summed E-state index contributed by atoms with van der Waals surface area (Å²) in [6, 6.07) is 7.55. The van der Waals surface area contributed by atoms with Crippen LogP contribution in [0.5, 0.6) is 0 Å². The van der Waals surface area contributed by atoms with E-state index in [1.807, 2.05) is 36.6 Å². The number of hydrogen-bond acceptors (Lipinski definition) is 3. The van der Waals surface area contributed by atoms with Gasteiger partial charge < -0.3 is 10.6 Å². The molecule has 0 aliphatic rings. The van der Waals surface area contributed by atoms with Crippen molar-refractivity contribution < 1.29 is 4.79 Å². The van der Waals surface area contributed by atoms with Gasteiger partial charge in [0.2, 0.25) is 0 Å². The van der Waals surface area contributed by atoms with Gasteiger partial charge in [0, 0.05) is 28.9 Å². The number of nitrogens with one attached hydrogen (secondary N) is 2. The smallest absolute Gasteiger partial charge is 0.319 e. The van der Waals surface area contributed by atoms with E-state index in [0.717, 1.165) is 22.0 Å². The molecule has 0 saturated heterocycles. The standard InChI is InChI=1S/C15H19N3OS/c1-10(2)8-16-15(19)18-13-6-4-12(5-7-13)14-17-11(3)9-20-14/h4-7,9-10H,8H2,1-3H3,(H2,16,18,19). The maximum absolute atomic E-state index is 11.6. The van der Waals surface area contributed by atoms with E-state index < -0.39 is 0 Å². The maximum atomic E-state index is 11.6. The molecule has 1 aromatic heterocycles. The van der Waals surface area contributed by atoms with Gasteiger partial charge in [-0.05, 0) is 37.1 Å². The van der Waals surface area contributed by atoms with Crippen molar-refractivity contribution in [3.8, 4) is 10.6 Å². The predicted molar refractivity (Wildman–Crippen MR) is 84.1 cm³/mol. The van der Waals surface area contributed by atoms with Gasteiger partial charge >= 0.3 is 6.03 Å². The molecule has 0 saturated carbocycles. The molecule has 20 heavy (non-hydrogen) atoms. The van der Waals surface area contributed by atoms with E-state index in [1.165, 1.54) is 0 Å². The number of anilines is 1. The van der Waals surface area contributed by atoms with Crippen LogP contribution in [0.1, 0.15) is 19.5 Å². The van der Waals surface area contributed by atoms with E-state index in [-0.39, 0.29) is 6.03 Å². The molecule has 0 fully saturated rings. The Balaban J connectivity index is 1.96. The van der Waals surface area contributed by atoms with Crippen molar-refractivity contribution in [1.29, 1.82) is 0 Å². The van der Waals surface area contributed by atoms with Crippen molar-refractivity contribution in [1.82, 2.24) is 10.3 Å². The normalized spacial score (nSPS) is 10.6. The van der Waals surface area contributed by atoms with Crippen molar-refractivity contribution in [3.63, 3.8) is 0 Å². The Bertz CT molecular complexity index is 575. The molecule has 0 radical (unpaired) electrons. The van der Waals surface area contributed by atoms with Crippen LogP contribution in [0.4, 0.5) is 10.5 Å². The highest BCUT2D eigenvalue weighted by Crippen LogP contribution is 2.24. The average Bonchev–Trinajstić information content (AvgIpc) is 2.84. The third-order valence-electron chi connectivity index (χ3n) is 2.68. The van der Waals surface area contributed by atoms with Gasteiger partial charge in [-0.1, -0.05) is 13.8 Å². The summed E-state index contributed by atoms with van der Waals surface area (Å²) in [4.78, 5) is 16.1. The molecule has 0 bridgehead atoms. The van der Waals surface area contributed by atoms with Crippen LogP contribution in [-0.4, -0.2) is 17.6 Å². The van der Waals surface area contributed by atoms with E-state index >= 15 is 0 Å². The molecule has 0 atom stereocenters. The second-order valence-corrected chi connectivity index (χ2v) is 5.96. The number of rotatable bonds is 4. The highest BCUT2D eigenvalue weighted by molar-refractivity contribution is 7.13. The molecule has 5 heteroatoms. The van der Waals surface area contributed by atoms with Crippen LogP contribution in [0.2, 0.25) is 0 Å². The number of aryl methyl sites for hydroxylation is 1. The van der Waals surface area contributed by atoms with Crippen LogP contribution in [-0.2, 0) is 0 Å². The van der Waals surface area contributed by atoms with Crippen molar-refractivity contribution in [2.45, 2.75) is 20.8 Å². The number of benzene rings is 1. The molecular formula is C15H19N3OS. The number of amides is 2. The molecule has 0 aliphatic heterocycles. The Hall–Kier alpha value is -1.88. The highest BCUT2D eigenvalue weighted by Gasteiger charge is 2.05. The first-order chi connectivity index (χ1) is 9.54. The van der Waals surface area contributed by atoms with Gasteiger partial charge in [-0.2, -0.15) is 0 Å². The van der Waals surface area contributed by atoms with E-state index in [4.69, 9.17) is 0 Å². The molecule has 2 amide bonds. The lowest BCUT2D eigenvalue weighted by atomic mass is 10.2. The summed E-state index contributed by atoms with van der Waals surface area (Å²) in [5.74, 6) is 0.441. The Morgan fingerprint density at radius 3 is 2.55 bits per heavy atom. The summed E-state index contributed by atoms with van der Waals surface area (Å²) >= 11 is 1.62. The van der Waals surface area contributed by atoms with Gasteiger partial charge in [0.15, 0.2) is 0 Å². The summed E-state index contributed by atoms with van der Waals surface area (Å²) in [6.07, 6.45) is 0. The Labute approximate surface area is 123 Å². The van der Waals surface area contributed by atoms with Crippen LogP contribution < -0.4 is 10.6 Å². The summed E-state index contributed by atoms with van der Waals surface area (Å²) in [7, 11) is 0. The predicted octanol–water partition coefficient (Wildman–Crippen LogP) is 3.90. The fourth-order valence-electron chi connectivity index (χ4n) is 1.65. The van der Waals surface area contributed by atoms with E-state index in [1.54, 1.807) is 11.3 Å². The largest absolute Gasteiger partial charge is 0.338 e. The van der Waals surface area contributed by atoms with Crippen LogP contribution in [0, 0.1) is 12.8 Å². The number of nitrogens with zero attached hydrogens (tertiary/aromatic N) is 1. The topological polar surface area (TPSA) is 54.0 Å². The molecule has 0 unspecified atom stereocenters. The van der Waals surface area contributed by atoms with E-state index in [0.29, 0.717) is 12.5 Å². The number of carbonyl (C=O) groups is 1. The Morgan fingerprint density at radius 2 is 2.00 bits per heavy atom. The summed E-state index contributed by atoms with van der Waals surface area (Å²) in [5, 5.41) is 8.66. The molecule has 1 aromatic carbocycles. The minimum atomic E-state index is -0.170. The zero-order valence-corrected chi connectivity index (χ0v) is 12.8. The molecular weight excluding hydrogens is 270 g/mol. The minimum Gasteiger partial charge on any atom is -0.338 e. The van der Waals surface area contributed by atoms with Crippen LogP contribution in [0.25, 0.3) is 10.6 Å². The van der Waals surface area contributed by atoms with Gasteiger partial charge in [0.1, 0.15) is 5.01 Å². The van der Waals surface area contributed by atoms with Crippen LogP contribution in [0.15, 0.2) is 29.6 Å². The van der Waals surface area contributed by atoms with Gasteiger partial charge in [-0.15, -0.1) is 11.3 Å². The Kier molecular flexibility index (Phi) is 4.74. The molecule has 2 N–H and O–H groups in total. The number of thiazole rings is 1. The number of hydrogen-bond donors (Lipinski definition) is 2. The lowest BCUT2D eigenvalue weighted by Gasteiger charge is -2.09. The van der Waals surface area contributed by atoms with Crippen LogP contribution in [0.3, 0.4) is 0 Å². The first-order valence-electron chi connectivity index (χ1n) is 6.62. The third kappa shape index (κ3) is 4.06. The molecule has 1 heterocycles. The molecule has 0 spiro atoms. The third-order valence-corrected chi connectivity index (χ3v) is 3.69. The van der Waals surface area contributed by atoms with Crippen molar-refractivity contribution in [3.05, 3.63) is 35.3 Å². The first kappa shape index (κ1) is 14.5. The van der Waals surface area contributed by atoms with Crippen molar-refractivity contribution in [2.24, 2.45) is 5.92 Å². The quantitative estimate of drug-likeness (QED) is 0.897. The van der Waals surface area contributed by atoms with Crippen LogP contribution >= 0.6 is 11.3 Å². The molecule has 2 rings (SSSR count). The molecule has 0 aliphatic carbocycles. The van der Waals surface area contributed by atoms with Gasteiger partial charge in [0.25, 0.3) is 0 Å². The zero-order valence-electron chi connectivity index (χ0n) is 11.9. The minimum absolute atomic E-state index is 0.170. The fraction of sp³-hybridized carbons (Fsp3) is 0.333. The van der Waals surface area contributed by atoms with Gasteiger partial charge in [0.05, 0.1) is 0 Å². The van der Waals surface area contributed by atoms with Crippen molar-refractivity contribution >= 4 is 23.1 Å². The van der Waals surface area contributed by atoms with Crippen molar-refractivity contribution in [2.75, 3.05) is 11.9 Å². The number of aromatic nitrogens is 1. The molecule has 4 nitrogen and oxygen atoms in total. The maximum Gasteiger partial charge on any atom is 0.319 e. The molecule has 2 aromatic rings. The second kappa shape index (κ2) is 6.52. The summed E-state index contributed by atoms with van der Waals surface area (Å²) in [5.41, 5.74) is 2.87. The number of carbonyl (C=O) groups excluding carboxylic acids is 1. The lowest BCUT2D eigenvalue weighted by Crippen LogP contribution is -2.31. The first-order valence-corrected chi connectivity index (χ1v) is 7.50. The van der Waals surface area contributed by atoms with Gasteiger partial charge in [-0.25, -0.2) is 9.78 Å². The monoisotopic (exact) mass is 289 g/mol. The number of urea groups is 1. The zero-order chi connectivity index (χ0) is 14.5. The van der Waals surface area contributed by atoms with E-state index in [2.05, 4.69) is 29.5 Å². The Morgan fingerprint density at radius 1 is 1.30 bits per heavy atom. The highest BCUT2D eigenvalue weighted by atomic mass is 32.1. The summed E-state index contributed by atoms with van der Waals surface area (Å²) < 4.78 is 0. The molecule has 106 valence electrons. The van der Waals surface area contributed by atoms with Gasteiger partial charge in [-0.3, -0.25) is 0 Å². The van der Waals surface area contributed by atoms with E-state index in [9.17, 15) is 4.79 Å². The lowest BCUT2D eigenvalue weighted by molar-refractivity contribution is 0.251. The SMILES string of the molecule is Cc1csc(-c2ccc(NC(=O)NCC(C)C)cc2)n1. The second-order valence-electron chi connectivity index (χ2n) is 5.10. The fourth-order valence-corrected chi connectivity index (χ4v) is 2.46.